The minimum atomic E-state index is 0.591. The van der Waals surface area contributed by atoms with Crippen LogP contribution < -0.4 is 26.4 Å². The van der Waals surface area contributed by atoms with Gasteiger partial charge in [-0.2, -0.15) is 0 Å². The highest BCUT2D eigenvalue weighted by Gasteiger charge is 2.25. The molecule has 1 aliphatic carbocycles. The smallest absolute Gasteiger partial charge is 0.215 e. The Bertz CT molecular complexity index is 991. The number of hydrogen-bond acceptors (Lipinski definition) is 5. The van der Waals surface area contributed by atoms with Crippen molar-refractivity contribution < 1.29 is 4.74 Å². The molecular formula is C20H22N4O. The van der Waals surface area contributed by atoms with Crippen molar-refractivity contribution in [3.8, 4) is 5.88 Å². The second-order valence-electron chi connectivity index (χ2n) is 6.38. The lowest BCUT2D eigenvalue weighted by atomic mass is 9.86. The van der Waals surface area contributed by atoms with Crippen molar-refractivity contribution in [2.24, 2.45) is 10.7 Å². The van der Waals surface area contributed by atoms with E-state index in [-0.39, 0.29) is 0 Å². The van der Waals surface area contributed by atoms with E-state index >= 15 is 0 Å². The largest absolute Gasteiger partial charge is 0.481 e. The maximum atomic E-state index is 5.64. The molecule has 0 saturated heterocycles. The molecule has 25 heavy (non-hydrogen) atoms. The Morgan fingerprint density at radius 1 is 1.32 bits per heavy atom. The summed E-state index contributed by atoms with van der Waals surface area (Å²) in [6, 6.07) is 6.25. The number of aromatic nitrogens is 1. The van der Waals surface area contributed by atoms with Crippen LogP contribution in [0.2, 0.25) is 0 Å². The van der Waals surface area contributed by atoms with Crippen LogP contribution in [0.1, 0.15) is 23.1 Å². The zero-order chi connectivity index (χ0) is 17.4. The van der Waals surface area contributed by atoms with Gasteiger partial charge < -0.3 is 15.8 Å². The van der Waals surface area contributed by atoms with Gasteiger partial charge >= 0.3 is 0 Å². The van der Waals surface area contributed by atoms with Crippen LogP contribution in [0.3, 0.4) is 0 Å². The van der Waals surface area contributed by atoms with Crippen molar-refractivity contribution in [1.82, 2.24) is 4.98 Å². The van der Waals surface area contributed by atoms with Crippen LogP contribution in [-0.2, 0) is 6.42 Å². The molecule has 5 heteroatoms. The van der Waals surface area contributed by atoms with Gasteiger partial charge in [0.2, 0.25) is 5.88 Å². The number of rotatable bonds is 5. The number of anilines is 1. The van der Waals surface area contributed by atoms with Crippen molar-refractivity contribution in [2.45, 2.75) is 19.8 Å². The summed E-state index contributed by atoms with van der Waals surface area (Å²) < 4.78 is 5.25. The predicted molar refractivity (Wildman–Crippen MR) is 99.2 cm³/mol. The summed E-state index contributed by atoms with van der Waals surface area (Å²) in [7, 11) is 1.63. The third-order valence-corrected chi connectivity index (χ3v) is 4.83. The summed E-state index contributed by atoms with van der Waals surface area (Å²) in [6.07, 6.45) is 5.92. The van der Waals surface area contributed by atoms with Crippen LogP contribution in [0.15, 0.2) is 41.2 Å². The van der Waals surface area contributed by atoms with Crippen LogP contribution in [0, 0.1) is 6.92 Å². The number of fused-ring (bicyclic) bond motifs is 4. The molecule has 0 bridgehead atoms. The summed E-state index contributed by atoms with van der Waals surface area (Å²) in [5, 5.41) is 5.55. The molecule has 0 atom stereocenters. The van der Waals surface area contributed by atoms with Crippen LogP contribution in [0.5, 0.6) is 5.88 Å². The standard InChI is InChI=1S/C20H22N4O/c1-12-4-6-15(22-9-3-8-21)19-13(12)5-7-16-20(19)14-11-23-18(25-2)10-17(14)24-16/h4,6-7,10-11,22H,3,5,8-9,21H2,1-2H3. The zero-order valence-corrected chi connectivity index (χ0v) is 14.6. The maximum Gasteiger partial charge on any atom is 0.215 e. The molecule has 2 heterocycles. The van der Waals surface area contributed by atoms with Gasteiger partial charge in [-0.15, -0.1) is 0 Å². The van der Waals surface area contributed by atoms with E-state index < -0.39 is 0 Å². The Kier molecular flexibility index (Phi) is 4.01. The van der Waals surface area contributed by atoms with E-state index in [1.54, 1.807) is 7.11 Å². The van der Waals surface area contributed by atoms with Crippen LogP contribution in [0.25, 0.3) is 5.57 Å². The van der Waals surface area contributed by atoms with E-state index in [2.05, 4.69) is 35.4 Å². The van der Waals surface area contributed by atoms with Gasteiger partial charge in [-0.25, -0.2) is 9.98 Å². The zero-order valence-electron chi connectivity index (χ0n) is 14.6. The quantitative estimate of drug-likeness (QED) is 0.812. The predicted octanol–water partition coefficient (Wildman–Crippen LogP) is 1.43. The first-order chi connectivity index (χ1) is 12.2. The van der Waals surface area contributed by atoms with Crippen molar-refractivity contribution in [3.63, 3.8) is 0 Å². The maximum absolute atomic E-state index is 5.64. The molecule has 0 unspecified atom stereocenters. The number of hydrogen-bond donors (Lipinski definition) is 2. The molecule has 0 spiro atoms. The highest BCUT2D eigenvalue weighted by Crippen LogP contribution is 2.38. The molecule has 2 aromatic rings. The van der Waals surface area contributed by atoms with Gasteiger partial charge in [-0.3, -0.25) is 0 Å². The number of nitrogens with zero attached hydrogens (tertiary/aromatic N) is 2. The van der Waals surface area contributed by atoms with Gasteiger partial charge in [0.05, 0.1) is 18.2 Å². The Morgan fingerprint density at radius 2 is 2.20 bits per heavy atom. The lowest BCUT2D eigenvalue weighted by Crippen LogP contribution is -2.25. The second-order valence-corrected chi connectivity index (χ2v) is 6.38. The molecule has 3 N–H and O–H groups in total. The Labute approximate surface area is 147 Å². The Morgan fingerprint density at radius 3 is 3.00 bits per heavy atom. The minimum absolute atomic E-state index is 0.591. The van der Waals surface area contributed by atoms with Crippen LogP contribution >= 0.6 is 0 Å². The summed E-state index contributed by atoms with van der Waals surface area (Å²) in [6.45, 7) is 3.72. The molecule has 0 saturated carbocycles. The first-order valence-corrected chi connectivity index (χ1v) is 8.63. The van der Waals surface area contributed by atoms with Gasteiger partial charge in [0.15, 0.2) is 0 Å². The molecule has 1 aromatic carbocycles. The van der Waals surface area contributed by atoms with Gasteiger partial charge in [0.1, 0.15) is 0 Å². The summed E-state index contributed by atoms with van der Waals surface area (Å²) in [4.78, 5) is 9.20. The van der Waals surface area contributed by atoms with Crippen molar-refractivity contribution >= 4 is 11.3 Å². The third kappa shape index (κ3) is 2.61. The Balaban J connectivity index is 1.93. The van der Waals surface area contributed by atoms with E-state index in [4.69, 9.17) is 15.5 Å². The van der Waals surface area contributed by atoms with E-state index in [0.29, 0.717) is 12.4 Å². The summed E-state index contributed by atoms with van der Waals surface area (Å²) in [5.74, 6) is 0.591. The SMILES string of the molecule is COc1cc2c(cn1)=C1C(=CCc3c(C)ccc(NCCCN)c31)N=2. The summed E-state index contributed by atoms with van der Waals surface area (Å²) >= 11 is 0. The number of aryl methyl sites for hydroxylation is 1. The molecule has 0 radical (unpaired) electrons. The highest BCUT2D eigenvalue weighted by atomic mass is 16.5. The van der Waals surface area contributed by atoms with E-state index in [1.807, 2.05) is 12.3 Å². The average Bonchev–Trinajstić information content (AvgIpc) is 3.01. The number of nitrogens with two attached hydrogens (primary N) is 1. The molecule has 4 rings (SSSR count). The fourth-order valence-electron chi connectivity index (χ4n) is 3.53. The first-order valence-electron chi connectivity index (χ1n) is 8.63. The number of benzene rings is 1. The molecule has 128 valence electrons. The molecule has 0 amide bonds. The highest BCUT2D eigenvalue weighted by molar-refractivity contribution is 5.90. The van der Waals surface area contributed by atoms with Crippen LogP contribution in [-0.4, -0.2) is 25.2 Å². The minimum Gasteiger partial charge on any atom is -0.481 e. The number of pyridine rings is 1. The van der Waals surface area contributed by atoms with Gasteiger partial charge in [-0.05, 0) is 43.5 Å². The van der Waals surface area contributed by atoms with Gasteiger partial charge in [-0.1, -0.05) is 12.1 Å². The number of allylic oxidation sites excluding steroid dienone is 2. The fourth-order valence-corrected chi connectivity index (χ4v) is 3.53. The summed E-state index contributed by atoms with van der Waals surface area (Å²) in [5.41, 5.74) is 12.9. The third-order valence-electron chi connectivity index (χ3n) is 4.83. The molecule has 0 fully saturated rings. The van der Waals surface area contributed by atoms with E-state index in [9.17, 15) is 0 Å². The van der Waals surface area contributed by atoms with Crippen molar-refractivity contribution in [1.29, 1.82) is 0 Å². The second kappa shape index (κ2) is 6.33. The topological polar surface area (TPSA) is 72.5 Å². The normalized spacial score (nSPS) is 14.2. The molecule has 2 aliphatic rings. The lowest BCUT2D eigenvalue weighted by molar-refractivity contribution is 0.397. The Hall–Kier alpha value is -2.66. The van der Waals surface area contributed by atoms with Crippen molar-refractivity contribution in [3.05, 3.63) is 63.4 Å². The van der Waals surface area contributed by atoms with E-state index in [1.165, 1.54) is 22.3 Å². The molecular weight excluding hydrogens is 312 g/mol. The monoisotopic (exact) mass is 334 g/mol. The first kappa shape index (κ1) is 15.8. The number of nitrogens with one attached hydrogen (secondary N) is 1. The average molecular weight is 334 g/mol. The van der Waals surface area contributed by atoms with E-state index in [0.717, 1.165) is 41.3 Å². The molecule has 5 nitrogen and oxygen atoms in total. The van der Waals surface area contributed by atoms with Gasteiger partial charge in [0.25, 0.3) is 0 Å². The van der Waals surface area contributed by atoms with Crippen LogP contribution in [0.4, 0.5) is 5.69 Å². The number of ether oxygens (including phenoxy) is 1. The molecule has 1 aromatic heterocycles. The van der Waals surface area contributed by atoms with Crippen molar-refractivity contribution in [2.75, 3.05) is 25.5 Å². The van der Waals surface area contributed by atoms with Gasteiger partial charge in [0, 0.05) is 40.9 Å². The lowest BCUT2D eigenvalue weighted by Gasteiger charge is -2.22. The molecule has 1 aliphatic heterocycles. The number of methoxy groups -OCH3 is 1. The fraction of sp³-hybridized carbons (Fsp3) is 0.300.